The average Bonchev–Trinajstić information content (AvgIpc) is 2.64. The smallest absolute Gasteiger partial charge is 0.00140 e. The second-order valence-electron chi connectivity index (χ2n) is 3.94. The fourth-order valence-electron chi connectivity index (χ4n) is 2.20. The predicted octanol–water partition coefficient (Wildman–Crippen LogP) is 3.48. The van der Waals surface area contributed by atoms with E-state index in [2.05, 4.69) is 38.2 Å². The van der Waals surface area contributed by atoms with E-state index in [4.69, 9.17) is 0 Å². The maximum absolute atomic E-state index is 2.38. The molecular weight excluding hydrogens is 144 g/mol. The lowest BCUT2D eigenvalue weighted by Crippen LogP contribution is -1.92. The van der Waals surface area contributed by atoms with Crippen molar-refractivity contribution in [2.75, 3.05) is 0 Å². The molecule has 12 heavy (non-hydrogen) atoms. The second-order valence-corrected chi connectivity index (χ2v) is 3.94. The van der Waals surface area contributed by atoms with Crippen molar-refractivity contribution in [1.82, 2.24) is 0 Å². The minimum Gasteiger partial charge on any atom is -0.0847 e. The monoisotopic (exact) mass is 160 g/mol. The lowest BCUT2D eigenvalue weighted by atomic mass is 9.98. The van der Waals surface area contributed by atoms with Crippen molar-refractivity contribution >= 4 is 0 Å². The van der Waals surface area contributed by atoms with Crippen LogP contribution in [0.15, 0.2) is 35.5 Å². The largest absolute Gasteiger partial charge is 0.0847 e. The van der Waals surface area contributed by atoms with E-state index in [9.17, 15) is 0 Å². The third-order valence-electron chi connectivity index (χ3n) is 3.01. The van der Waals surface area contributed by atoms with Crippen LogP contribution in [0.4, 0.5) is 0 Å². The number of rotatable bonds is 1. The van der Waals surface area contributed by atoms with Gasteiger partial charge in [-0.2, -0.15) is 0 Å². The molecule has 0 aromatic rings. The van der Waals surface area contributed by atoms with Crippen LogP contribution >= 0.6 is 0 Å². The molecule has 2 atom stereocenters. The highest BCUT2D eigenvalue weighted by Crippen LogP contribution is 2.43. The van der Waals surface area contributed by atoms with Gasteiger partial charge >= 0.3 is 0 Å². The first-order chi connectivity index (χ1) is 5.79. The van der Waals surface area contributed by atoms with Gasteiger partial charge in [0, 0.05) is 0 Å². The summed E-state index contributed by atoms with van der Waals surface area (Å²) >= 11 is 0. The van der Waals surface area contributed by atoms with Crippen LogP contribution in [0.2, 0.25) is 0 Å². The van der Waals surface area contributed by atoms with Crippen LogP contribution in [-0.4, -0.2) is 0 Å². The molecule has 1 saturated carbocycles. The summed E-state index contributed by atoms with van der Waals surface area (Å²) in [5, 5.41) is 0. The van der Waals surface area contributed by atoms with Crippen LogP contribution in [0.1, 0.15) is 26.7 Å². The topological polar surface area (TPSA) is 0 Å². The molecule has 2 aliphatic rings. The summed E-state index contributed by atoms with van der Waals surface area (Å²) in [6.07, 6.45) is 12.0. The minimum absolute atomic E-state index is 0.782. The summed E-state index contributed by atoms with van der Waals surface area (Å²) in [5.74, 6) is 1.65. The van der Waals surface area contributed by atoms with Crippen molar-refractivity contribution in [3.05, 3.63) is 35.5 Å². The third kappa shape index (κ3) is 1.26. The molecule has 0 radical (unpaired) electrons. The molecule has 0 aromatic heterocycles. The van der Waals surface area contributed by atoms with E-state index < -0.39 is 0 Å². The molecule has 0 heteroatoms. The van der Waals surface area contributed by atoms with E-state index >= 15 is 0 Å². The Balaban J connectivity index is 2.17. The summed E-state index contributed by atoms with van der Waals surface area (Å²) in [4.78, 5) is 0. The standard InChI is InChI=1S/C12H16/c1-3-9(2)6-12-8-10-4-5-11(12)7-10/h3-6,10-11H,7-8H2,1-2H3. The fraction of sp³-hybridized carbons (Fsp3) is 0.500. The van der Waals surface area contributed by atoms with Gasteiger partial charge in [-0.1, -0.05) is 35.5 Å². The van der Waals surface area contributed by atoms with Crippen molar-refractivity contribution in [3.8, 4) is 0 Å². The average molecular weight is 160 g/mol. The zero-order chi connectivity index (χ0) is 8.55. The van der Waals surface area contributed by atoms with Crippen LogP contribution in [0.25, 0.3) is 0 Å². The van der Waals surface area contributed by atoms with Crippen LogP contribution in [0, 0.1) is 11.8 Å². The number of fused-ring (bicyclic) bond motifs is 2. The van der Waals surface area contributed by atoms with E-state index in [1.54, 1.807) is 5.57 Å². The molecule has 0 N–H and O–H groups in total. The zero-order valence-corrected chi connectivity index (χ0v) is 7.88. The van der Waals surface area contributed by atoms with Gasteiger partial charge in [0.2, 0.25) is 0 Å². The van der Waals surface area contributed by atoms with Gasteiger partial charge in [-0.3, -0.25) is 0 Å². The molecule has 1 fully saturated rings. The predicted molar refractivity (Wildman–Crippen MR) is 52.9 cm³/mol. The summed E-state index contributed by atoms with van der Waals surface area (Å²) in [7, 11) is 0. The molecule has 0 aliphatic heterocycles. The van der Waals surface area contributed by atoms with Crippen molar-refractivity contribution in [2.24, 2.45) is 11.8 Å². The normalized spacial score (nSPS) is 36.8. The molecule has 0 saturated heterocycles. The van der Waals surface area contributed by atoms with E-state index in [0.717, 1.165) is 11.8 Å². The molecule has 2 unspecified atom stereocenters. The van der Waals surface area contributed by atoms with Gasteiger partial charge in [0.05, 0.1) is 0 Å². The molecule has 0 amide bonds. The van der Waals surface area contributed by atoms with Gasteiger partial charge in [-0.05, 0) is 38.5 Å². The van der Waals surface area contributed by atoms with E-state index in [-0.39, 0.29) is 0 Å². The van der Waals surface area contributed by atoms with Gasteiger partial charge in [-0.25, -0.2) is 0 Å². The van der Waals surface area contributed by atoms with Gasteiger partial charge in [0.15, 0.2) is 0 Å². The Kier molecular flexibility index (Phi) is 1.92. The molecule has 64 valence electrons. The van der Waals surface area contributed by atoms with Crippen molar-refractivity contribution in [2.45, 2.75) is 26.7 Å². The van der Waals surface area contributed by atoms with E-state index in [1.807, 2.05) is 0 Å². The second kappa shape index (κ2) is 2.93. The van der Waals surface area contributed by atoms with Crippen LogP contribution in [-0.2, 0) is 0 Å². The Morgan fingerprint density at radius 3 is 2.83 bits per heavy atom. The summed E-state index contributed by atoms with van der Waals surface area (Å²) in [6, 6.07) is 0. The quantitative estimate of drug-likeness (QED) is 0.515. The Hall–Kier alpha value is -0.780. The molecule has 2 bridgehead atoms. The molecule has 0 heterocycles. The first-order valence-electron chi connectivity index (χ1n) is 4.81. The molecule has 0 spiro atoms. The number of hydrogen-bond donors (Lipinski definition) is 0. The highest BCUT2D eigenvalue weighted by Gasteiger charge is 2.30. The highest BCUT2D eigenvalue weighted by atomic mass is 14.3. The zero-order valence-electron chi connectivity index (χ0n) is 7.88. The SMILES string of the molecule is CC=C(C)C=C1CC2C=CC1C2. The van der Waals surface area contributed by atoms with Crippen molar-refractivity contribution in [3.63, 3.8) is 0 Å². The number of hydrogen-bond acceptors (Lipinski definition) is 0. The molecule has 2 rings (SSSR count). The molecule has 0 aromatic carbocycles. The van der Waals surface area contributed by atoms with Crippen molar-refractivity contribution < 1.29 is 0 Å². The summed E-state index contributed by atoms with van der Waals surface area (Å²) < 4.78 is 0. The Morgan fingerprint density at radius 1 is 1.50 bits per heavy atom. The van der Waals surface area contributed by atoms with Crippen LogP contribution in [0.3, 0.4) is 0 Å². The maximum Gasteiger partial charge on any atom is -0.00140 e. The third-order valence-corrected chi connectivity index (χ3v) is 3.01. The molecule has 2 aliphatic carbocycles. The Morgan fingerprint density at radius 2 is 2.33 bits per heavy atom. The molecule has 0 nitrogen and oxygen atoms in total. The summed E-state index contributed by atoms with van der Waals surface area (Å²) in [6.45, 7) is 4.29. The first kappa shape index (κ1) is 7.85. The van der Waals surface area contributed by atoms with Gasteiger partial charge in [0.25, 0.3) is 0 Å². The lowest BCUT2D eigenvalue weighted by molar-refractivity contribution is 0.693. The highest BCUT2D eigenvalue weighted by molar-refractivity contribution is 5.32. The fourth-order valence-corrected chi connectivity index (χ4v) is 2.20. The van der Waals surface area contributed by atoms with Gasteiger partial charge < -0.3 is 0 Å². The molecular formula is C12H16. The minimum atomic E-state index is 0.782. The lowest BCUT2D eigenvalue weighted by Gasteiger charge is -2.07. The first-order valence-corrected chi connectivity index (χ1v) is 4.81. The van der Waals surface area contributed by atoms with Crippen molar-refractivity contribution in [1.29, 1.82) is 0 Å². The van der Waals surface area contributed by atoms with E-state index in [1.165, 1.54) is 18.4 Å². The van der Waals surface area contributed by atoms with Gasteiger partial charge in [-0.15, -0.1) is 0 Å². The Bertz CT molecular complexity index is 266. The summed E-state index contributed by atoms with van der Waals surface area (Å²) in [5.41, 5.74) is 3.06. The van der Waals surface area contributed by atoms with E-state index in [0.29, 0.717) is 0 Å². The Labute approximate surface area is 74.7 Å². The number of allylic oxidation sites excluding steroid dienone is 6. The van der Waals surface area contributed by atoms with Crippen LogP contribution < -0.4 is 0 Å². The maximum atomic E-state index is 2.38. The van der Waals surface area contributed by atoms with Gasteiger partial charge in [0.1, 0.15) is 0 Å². The van der Waals surface area contributed by atoms with Crippen LogP contribution in [0.5, 0.6) is 0 Å².